The van der Waals surface area contributed by atoms with Crippen LogP contribution in [0.25, 0.3) is 0 Å². The Labute approximate surface area is 148 Å². The van der Waals surface area contributed by atoms with Crippen molar-refractivity contribution in [1.82, 2.24) is 4.90 Å². The number of thioether (sulfide) groups is 1. The Bertz CT molecular complexity index is 622. The Kier molecular flexibility index (Phi) is 5.87. The van der Waals surface area contributed by atoms with Crippen LogP contribution < -0.4 is 5.32 Å². The normalized spacial score (nSPS) is 16.4. The highest BCUT2D eigenvalue weighted by Gasteiger charge is 2.19. The molecule has 4 heteroatoms. The molecule has 122 valence electrons. The Morgan fingerprint density at radius 3 is 2.43 bits per heavy atom. The summed E-state index contributed by atoms with van der Waals surface area (Å²) in [5.41, 5.74) is 2.46. The number of likely N-dealkylation sites (tertiary alicyclic amines) is 1. The highest BCUT2D eigenvalue weighted by atomic mass is 35.5. The molecule has 1 N–H and O–H groups in total. The number of anilines is 1. The number of para-hydroxylation sites is 1. The SMILES string of the molecule is CSc1ccc(CN2CCC(Nc3ccccc3Cl)CC2)cc1. The second kappa shape index (κ2) is 8.09. The van der Waals surface area contributed by atoms with Crippen molar-refractivity contribution in [3.8, 4) is 0 Å². The van der Waals surface area contributed by atoms with E-state index in [0.29, 0.717) is 6.04 Å². The number of hydrogen-bond acceptors (Lipinski definition) is 3. The number of nitrogens with zero attached hydrogens (tertiary/aromatic N) is 1. The summed E-state index contributed by atoms with van der Waals surface area (Å²) in [5, 5.41) is 4.40. The number of hydrogen-bond donors (Lipinski definition) is 1. The maximum absolute atomic E-state index is 6.23. The average molecular weight is 347 g/mol. The molecule has 0 aromatic heterocycles. The van der Waals surface area contributed by atoms with Gasteiger partial charge in [0, 0.05) is 30.6 Å². The van der Waals surface area contributed by atoms with E-state index in [4.69, 9.17) is 11.6 Å². The Balaban J connectivity index is 1.49. The van der Waals surface area contributed by atoms with Gasteiger partial charge in [0.1, 0.15) is 0 Å². The topological polar surface area (TPSA) is 15.3 Å². The third-order valence-electron chi connectivity index (χ3n) is 4.39. The zero-order valence-corrected chi connectivity index (χ0v) is 15.0. The quantitative estimate of drug-likeness (QED) is 0.755. The maximum Gasteiger partial charge on any atom is 0.0637 e. The number of halogens is 1. The first kappa shape index (κ1) is 16.7. The lowest BCUT2D eigenvalue weighted by Crippen LogP contribution is -2.38. The van der Waals surface area contributed by atoms with Crippen LogP contribution in [0.15, 0.2) is 53.4 Å². The minimum absolute atomic E-state index is 0.519. The van der Waals surface area contributed by atoms with Crippen molar-refractivity contribution in [1.29, 1.82) is 0 Å². The summed E-state index contributed by atoms with van der Waals surface area (Å²) in [7, 11) is 0. The van der Waals surface area contributed by atoms with Crippen molar-refractivity contribution >= 4 is 29.1 Å². The lowest BCUT2D eigenvalue weighted by molar-refractivity contribution is 0.211. The van der Waals surface area contributed by atoms with E-state index in [0.717, 1.165) is 43.2 Å². The van der Waals surface area contributed by atoms with E-state index >= 15 is 0 Å². The van der Waals surface area contributed by atoms with Gasteiger partial charge < -0.3 is 5.32 Å². The molecule has 3 rings (SSSR count). The summed E-state index contributed by atoms with van der Waals surface area (Å²) in [6, 6.07) is 17.4. The lowest BCUT2D eigenvalue weighted by Gasteiger charge is -2.33. The van der Waals surface area contributed by atoms with Crippen LogP contribution in [-0.4, -0.2) is 30.3 Å². The Hall–Kier alpha value is -1.16. The molecule has 2 aromatic carbocycles. The fourth-order valence-electron chi connectivity index (χ4n) is 3.02. The molecule has 0 radical (unpaired) electrons. The second-order valence-corrected chi connectivity index (χ2v) is 7.31. The third kappa shape index (κ3) is 4.66. The third-order valence-corrected chi connectivity index (χ3v) is 5.46. The van der Waals surface area contributed by atoms with Gasteiger partial charge in [-0.15, -0.1) is 11.8 Å². The summed E-state index contributed by atoms with van der Waals surface area (Å²) >= 11 is 8.02. The molecule has 0 atom stereocenters. The van der Waals surface area contributed by atoms with Crippen LogP contribution in [0.2, 0.25) is 5.02 Å². The molecule has 0 amide bonds. The molecule has 2 nitrogen and oxygen atoms in total. The molecule has 1 fully saturated rings. The molecule has 1 aliphatic rings. The van der Waals surface area contributed by atoms with Crippen molar-refractivity contribution in [2.45, 2.75) is 30.3 Å². The summed E-state index contributed by atoms with van der Waals surface area (Å²) in [6.45, 7) is 3.31. The molecular formula is C19H23ClN2S. The largest absolute Gasteiger partial charge is 0.381 e. The monoisotopic (exact) mass is 346 g/mol. The van der Waals surface area contributed by atoms with Gasteiger partial charge in [0.2, 0.25) is 0 Å². The molecule has 23 heavy (non-hydrogen) atoms. The smallest absolute Gasteiger partial charge is 0.0637 e. The first-order chi connectivity index (χ1) is 11.2. The first-order valence-electron chi connectivity index (χ1n) is 8.11. The van der Waals surface area contributed by atoms with Gasteiger partial charge in [-0.05, 0) is 48.9 Å². The van der Waals surface area contributed by atoms with Crippen molar-refractivity contribution in [2.75, 3.05) is 24.7 Å². The molecule has 1 saturated heterocycles. The standard InChI is InChI=1S/C19H23ClN2S/c1-23-17-8-6-15(7-9-17)14-22-12-10-16(11-13-22)21-19-5-3-2-4-18(19)20/h2-9,16,21H,10-14H2,1H3. The molecule has 1 heterocycles. The zero-order valence-electron chi connectivity index (χ0n) is 13.5. The predicted octanol–water partition coefficient (Wildman–Crippen LogP) is 5.14. The van der Waals surface area contributed by atoms with E-state index < -0.39 is 0 Å². The lowest BCUT2D eigenvalue weighted by atomic mass is 10.0. The molecular weight excluding hydrogens is 324 g/mol. The van der Waals surface area contributed by atoms with Crippen LogP contribution in [0.5, 0.6) is 0 Å². The van der Waals surface area contributed by atoms with Gasteiger partial charge in [0.25, 0.3) is 0 Å². The van der Waals surface area contributed by atoms with Crippen LogP contribution >= 0.6 is 23.4 Å². The highest BCUT2D eigenvalue weighted by molar-refractivity contribution is 7.98. The second-order valence-electron chi connectivity index (χ2n) is 6.02. The number of piperidine rings is 1. The van der Waals surface area contributed by atoms with E-state index in [-0.39, 0.29) is 0 Å². The summed E-state index contributed by atoms with van der Waals surface area (Å²) < 4.78 is 0. The first-order valence-corrected chi connectivity index (χ1v) is 9.71. The van der Waals surface area contributed by atoms with Crippen LogP contribution in [-0.2, 0) is 6.54 Å². The summed E-state index contributed by atoms with van der Waals surface area (Å²) in [6.07, 6.45) is 4.44. The minimum Gasteiger partial charge on any atom is -0.381 e. The van der Waals surface area contributed by atoms with E-state index in [2.05, 4.69) is 46.8 Å². The minimum atomic E-state index is 0.519. The van der Waals surface area contributed by atoms with Gasteiger partial charge in [-0.25, -0.2) is 0 Å². The highest BCUT2D eigenvalue weighted by Crippen LogP contribution is 2.24. The number of nitrogens with one attached hydrogen (secondary N) is 1. The van der Waals surface area contributed by atoms with Crippen molar-refractivity contribution in [2.24, 2.45) is 0 Å². The molecule has 0 saturated carbocycles. The number of benzene rings is 2. The Morgan fingerprint density at radius 2 is 1.78 bits per heavy atom. The van der Waals surface area contributed by atoms with E-state index in [9.17, 15) is 0 Å². The zero-order chi connectivity index (χ0) is 16.1. The van der Waals surface area contributed by atoms with Gasteiger partial charge >= 0.3 is 0 Å². The molecule has 0 spiro atoms. The summed E-state index contributed by atoms with van der Waals surface area (Å²) in [4.78, 5) is 3.87. The van der Waals surface area contributed by atoms with Crippen LogP contribution in [0, 0.1) is 0 Å². The van der Waals surface area contributed by atoms with Gasteiger partial charge in [-0.1, -0.05) is 35.9 Å². The fourth-order valence-corrected chi connectivity index (χ4v) is 3.62. The molecule has 2 aromatic rings. The average Bonchev–Trinajstić information content (AvgIpc) is 2.59. The van der Waals surface area contributed by atoms with E-state index in [1.807, 2.05) is 18.2 Å². The summed E-state index contributed by atoms with van der Waals surface area (Å²) in [5.74, 6) is 0. The van der Waals surface area contributed by atoms with Crippen LogP contribution in [0.3, 0.4) is 0 Å². The van der Waals surface area contributed by atoms with Gasteiger partial charge in [-0.2, -0.15) is 0 Å². The van der Waals surface area contributed by atoms with Gasteiger partial charge in [0.05, 0.1) is 10.7 Å². The maximum atomic E-state index is 6.23. The Morgan fingerprint density at radius 1 is 1.09 bits per heavy atom. The van der Waals surface area contributed by atoms with Crippen LogP contribution in [0.4, 0.5) is 5.69 Å². The molecule has 0 aliphatic carbocycles. The fraction of sp³-hybridized carbons (Fsp3) is 0.368. The van der Waals surface area contributed by atoms with Crippen molar-refractivity contribution in [3.63, 3.8) is 0 Å². The molecule has 0 unspecified atom stereocenters. The van der Waals surface area contributed by atoms with Gasteiger partial charge in [-0.3, -0.25) is 4.90 Å². The molecule has 0 bridgehead atoms. The van der Waals surface area contributed by atoms with E-state index in [1.165, 1.54) is 10.5 Å². The van der Waals surface area contributed by atoms with Crippen molar-refractivity contribution in [3.05, 3.63) is 59.1 Å². The van der Waals surface area contributed by atoms with E-state index in [1.54, 1.807) is 11.8 Å². The predicted molar refractivity (Wildman–Crippen MR) is 102 cm³/mol. The van der Waals surface area contributed by atoms with Crippen LogP contribution in [0.1, 0.15) is 18.4 Å². The van der Waals surface area contributed by atoms with Gasteiger partial charge in [0.15, 0.2) is 0 Å². The van der Waals surface area contributed by atoms with Crippen molar-refractivity contribution < 1.29 is 0 Å². The number of rotatable bonds is 5. The molecule has 1 aliphatic heterocycles.